The lowest BCUT2D eigenvalue weighted by molar-refractivity contribution is -0.117. The molecular formula is C29H31ClN2O3. The number of aliphatic imine (C=N–C) groups is 1. The highest BCUT2D eigenvalue weighted by Gasteiger charge is 2.31. The molecule has 0 saturated carbocycles. The van der Waals surface area contributed by atoms with E-state index in [1.165, 1.54) is 11.1 Å². The number of Topliss-reactive ketones (excluding diaryl/α,β-unsaturated/α-hetero) is 1. The highest BCUT2D eigenvalue weighted by atomic mass is 35.5. The fourth-order valence-corrected chi connectivity index (χ4v) is 4.45. The molecule has 1 atom stereocenters. The molecule has 5 nitrogen and oxygen atoms in total. The summed E-state index contributed by atoms with van der Waals surface area (Å²) in [6.45, 7) is 6.62. The number of hydrogen-bond acceptors (Lipinski definition) is 5. The molecule has 3 aromatic rings. The zero-order valence-electron chi connectivity index (χ0n) is 20.6. The molecule has 1 aromatic heterocycles. The van der Waals surface area contributed by atoms with E-state index in [1.54, 1.807) is 31.4 Å². The number of amidine groups is 1. The number of halogens is 1. The molecule has 1 unspecified atom stereocenters. The second-order valence-corrected chi connectivity index (χ2v) is 10.3. The predicted octanol–water partition coefficient (Wildman–Crippen LogP) is 6.83. The Labute approximate surface area is 211 Å². The van der Waals surface area contributed by atoms with Crippen molar-refractivity contribution in [3.05, 3.63) is 82.2 Å². The first-order chi connectivity index (χ1) is 16.7. The number of ether oxygens (including phenoxy) is 1. The topological polar surface area (TPSA) is 77.8 Å². The normalized spacial score (nSPS) is 17.2. The van der Waals surface area contributed by atoms with Gasteiger partial charge in [0.1, 0.15) is 28.8 Å². The van der Waals surface area contributed by atoms with Gasteiger partial charge in [0.25, 0.3) is 0 Å². The molecule has 4 rings (SSSR count). The van der Waals surface area contributed by atoms with E-state index in [2.05, 4.69) is 50.0 Å². The molecule has 1 aliphatic heterocycles. The number of carbonyl (C=O) groups is 1. The van der Waals surface area contributed by atoms with Crippen molar-refractivity contribution in [2.45, 2.75) is 45.4 Å². The van der Waals surface area contributed by atoms with Crippen LogP contribution < -0.4 is 10.5 Å². The number of hydrogen-bond donors (Lipinski definition) is 1. The van der Waals surface area contributed by atoms with Crippen molar-refractivity contribution in [3.8, 4) is 17.1 Å². The molecule has 0 saturated heterocycles. The molecule has 2 N–H and O–H groups in total. The fourth-order valence-electron chi connectivity index (χ4n) is 4.19. The third kappa shape index (κ3) is 5.68. The summed E-state index contributed by atoms with van der Waals surface area (Å²) in [4.78, 5) is 17.3. The molecule has 35 heavy (non-hydrogen) atoms. The Kier molecular flexibility index (Phi) is 7.18. The number of carbonyl (C=O) groups excluding carboxylic acids is 1. The van der Waals surface area contributed by atoms with Gasteiger partial charge in [-0.25, -0.2) is 4.99 Å². The Morgan fingerprint density at radius 1 is 1.11 bits per heavy atom. The Morgan fingerprint density at radius 2 is 1.86 bits per heavy atom. The van der Waals surface area contributed by atoms with E-state index >= 15 is 0 Å². The molecule has 182 valence electrons. The van der Waals surface area contributed by atoms with E-state index in [9.17, 15) is 4.79 Å². The highest BCUT2D eigenvalue weighted by Crippen LogP contribution is 2.32. The number of benzene rings is 2. The Bertz CT molecular complexity index is 1280. The minimum atomic E-state index is -0.384. The summed E-state index contributed by atoms with van der Waals surface area (Å²) in [6.07, 6.45) is 4.07. The number of rotatable bonds is 7. The van der Waals surface area contributed by atoms with E-state index in [0.717, 1.165) is 18.4 Å². The van der Waals surface area contributed by atoms with Crippen LogP contribution >= 0.6 is 11.6 Å². The number of ketones is 1. The minimum Gasteiger partial charge on any atom is -0.495 e. The van der Waals surface area contributed by atoms with Gasteiger partial charge in [-0.1, -0.05) is 56.6 Å². The number of allylic oxidation sites excluding steroid dienone is 1. The Hall–Kier alpha value is -3.31. The number of aryl methyl sites for hydroxylation is 1. The SMILES string of the molecule is COc1ccc(-c2ccc(/C=C3/N=C(N)C(CCCc4ccc(C(C)(C)C)cc4)C3=O)o2)cc1Cl. The third-order valence-electron chi connectivity index (χ3n) is 6.30. The van der Waals surface area contributed by atoms with Gasteiger partial charge in [0, 0.05) is 11.6 Å². The van der Waals surface area contributed by atoms with E-state index in [-0.39, 0.29) is 17.1 Å². The summed E-state index contributed by atoms with van der Waals surface area (Å²) in [5, 5.41) is 0.498. The number of nitrogens with two attached hydrogens (primary N) is 1. The minimum absolute atomic E-state index is 0.0592. The van der Waals surface area contributed by atoms with Crippen LogP contribution in [-0.2, 0) is 16.6 Å². The molecule has 2 aromatic carbocycles. The van der Waals surface area contributed by atoms with Gasteiger partial charge in [0.15, 0.2) is 5.78 Å². The molecule has 0 aliphatic carbocycles. The molecular weight excluding hydrogens is 460 g/mol. The van der Waals surface area contributed by atoms with Gasteiger partial charge in [-0.15, -0.1) is 0 Å². The summed E-state index contributed by atoms with van der Waals surface area (Å²) in [6, 6.07) is 17.8. The molecule has 0 bridgehead atoms. The summed E-state index contributed by atoms with van der Waals surface area (Å²) in [7, 11) is 1.57. The van der Waals surface area contributed by atoms with Crippen molar-refractivity contribution < 1.29 is 13.9 Å². The Morgan fingerprint density at radius 3 is 2.51 bits per heavy atom. The predicted molar refractivity (Wildman–Crippen MR) is 142 cm³/mol. The van der Waals surface area contributed by atoms with E-state index in [1.807, 2.05) is 12.1 Å². The first-order valence-corrected chi connectivity index (χ1v) is 12.2. The molecule has 2 heterocycles. The van der Waals surface area contributed by atoms with Gasteiger partial charge < -0.3 is 14.9 Å². The van der Waals surface area contributed by atoms with E-state index in [0.29, 0.717) is 40.2 Å². The van der Waals surface area contributed by atoms with Crippen LogP contribution in [0.2, 0.25) is 5.02 Å². The van der Waals surface area contributed by atoms with Crippen LogP contribution in [0.5, 0.6) is 5.75 Å². The standard InChI is InChI=1S/C29H31ClN2O3/c1-29(2,3)20-11-8-18(9-12-20)6-5-7-22-27(33)24(32-28(22)31)17-21-13-15-25(35-21)19-10-14-26(34-4)23(30)16-19/h8-17,22H,5-7H2,1-4H3,(H2,31,32)/b24-17+. The first-order valence-electron chi connectivity index (χ1n) is 11.8. The summed E-state index contributed by atoms with van der Waals surface area (Å²) in [5.74, 6) is 1.70. The fraction of sp³-hybridized carbons (Fsp3) is 0.310. The molecule has 0 amide bonds. The van der Waals surface area contributed by atoms with Crippen LogP contribution in [0.25, 0.3) is 17.4 Å². The van der Waals surface area contributed by atoms with Gasteiger partial charge >= 0.3 is 0 Å². The zero-order valence-corrected chi connectivity index (χ0v) is 21.4. The van der Waals surface area contributed by atoms with Crippen LogP contribution in [0.15, 0.2) is 69.7 Å². The van der Waals surface area contributed by atoms with Gasteiger partial charge in [-0.2, -0.15) is 0 Å². The smallest absolute Gasteiger partial charge is 0.191 e. The van der Waals surface area contributed by atoms with E-state index in [4.69, 9.17) is 26.5 Å². The summed E-state index contributed by atoms with van der Waals surface area (Å²) in [5.41, 5.74) is 9.99. The van der Waals surface area contributed by atoms with Gasteiger partial charge in [0.05, 0.1) is 18.1 Å². The van der Waals surface area contributed by atoms with Crippen molar-refractivity contribution >= 4 is 29.3 Å². The van der Waals surface area contributed by atoms with Crippen molar-refractivity contribution in [2.24, 2.45) is 16.6 Å². The average Bonchev–Trinajstić information content (AvgIpc) is 3.39. The van der Waals surface area contributed by atoms with Gasteiger partial charge in [0.2, 0.25) is 0 Å². The van der Waals surface area contributed by atoms with Crippen LogP contribution in [0.3, 0.4) is 0 Å². The largest absolute Gasteiger partial charge is 0.495 e. The third-order valence-corrected chi connectivity index (χ3v) is 6.59. The van der Waals surface area contributed by atoms with Crippen molar-refractivity contribution in [1.82, 2.24) is 0 Å². The quantitative estimate of drug-likeness (QED) is 0.368. The van der Waals surface area contributed by atoms with Crippen LogP contribution in [0.1, 0.15) is 50.5 Å². The zero-order chi connectivity index (χ0) is 25.2. The van der Waals surface area contributed by atoms with Crippen molar-refractivity contribution in [2.75, 3.05) is 7.11 Å². The number of methoxy groups -OCH3 is 1. The van der Waals surface area contributed by atoms with Crippen molar-refractivity contribution in [1.29, 1.82) is 0 Å². The van der Waals surface area contributed by atoms with Crippen LogP contribution in [0.4, 0.5) is 0 Å². The maximum atomic E-state index is 13.0. The molecule has 0 spiro atoms. The molecule has 1 aliphatic rings. The lowest BCUT2D eigenvalue weighted by Gasteiger charge is -2.19. The maximum absolute atomic E-state index is 13.0. The molecule has 6 heteroatoms. The molecule has 0 radical (unpaired) electrons. The lowest BCUT2D eigenvalue weighted by Crippen LogP contribution is -2.25. The monoisotopic (exact) mass is 490 g/mol. The van der Waals surface area contributed by atoms with Crippen LogP contribution in [0, 0.1) is 5.92 Å². The van der Waals surface area contributed by atoms with Gasteiger partial charge in [-0.3, -0.25) is 4.79 Å². The average molecular weight is 491 g/mol. The number of nitrogens with zero attached hydrogens (tertiary/aromatic N) is 1. The van der Waals surface area contributed by atoms with Crippen LogP contribution in [-0.4, -0.2) is 18.7 Å². The van der Waals surface area contributed by atoms with Crippen molar-refractivity contribution in [3.63, 3.8) is 0 Å². The summed E-state index contributed by atoms with van der Waals surface area (Å²) >= 11 is 6.23. The second-order valence-electron chi connectivity index (χ2n) is 9.87. The lowest BCUT2D eigenvalue weighted by atomic mass is 9.86. The Balaban J connectivity index is 1.38. The van der Waals surface area contributed by atoms with Gasteiger partial charge in [-0.05, 0) is 66.1 Å². The van der Waals surface area contributed by atoms with E-state index < -0.39 is 0 Å². The maximum Gasteiger partial charge on any atom is 0.191 e. The second kappa shape index (κ2) is 10.1. The first kappa shape index (κ1) is 24.8. The summed E-state index contributed by atoms with van der Waals surface area (Å²) < 4.78 is 11.1. The number of furan rings is 1. The molecule has 0 fully saturated rings. The highest BCUT2D eigenvalue weighted by molar-refractivity contribution is 6.32.